The lowest BCUT2D eigenvalue weighted by molar-refractivity contribution is -0.384. The van der Waals surface area contributed by atoms with Gasteiger partial charge in [0, 0.05) is 5.39 Å². The van der Waals surface area contributed by atoms with E-state index in [0.717, 1.165) is 12.8 Å². The van der Waals surface area contributed by atoms with Crippen molar-refractivity contribution in [2.24, 2.45) is 0 Å². The van der Waals surface area contributed by atoms with Gasteiger partial charge in [-0.1, -0.05) is 37.5 Å². The monoisotopic (exact) mass is 269 g/mol. The summed E-state index contributed by atoms with van der Waals surface area (Å²) in [5.74, 6) is 2.63. The fourth-order valence-electron chi connectivity index (χ4n) is 2.08. The summed E-state index contributed by atoms with van der Waals surface area (Å²) in [6.45, 7) is 2.02. The number of aromatic nitrogens is 1. The molecular formula is C15H15N3O2. The van der Waals surface area contributed by atoms with E-state index in [1.165, 1.54) is 6.20 Å². The van der Waals surface area contributed by atoms with E-state index in [0.29, 0.717) is 16.6 Å². The molecule has 1 N–H and O–H groups in total. The Morgan fingerprint density at radius 1 is 1.50 bits per heavy atom. The second-order valence-corrected chi connectivity index (χ2v) is 4.44. The molecule has 0 saturated heterocycles. The molecule has 0 saturated carbocycles. The van der Waals surface area contributed by atoms with E-state index < -0.39 is 4.92 Å². The van der Waals surface area contributed by atoms with E-state index in [9.17, 15) is 10.1 Å². The van der Waals surface area contributed by atoms with Crippen LogP contribution < -0.4 is 5.32 Å². The first-order valence-corrected chi connectivity index (χ1v) is 6.42. The van der Waals surface area contributed by atoms with Crippen LogP contribution in [0.3, 0.4) is 0 Å². The SMILES string of the molecule is C#CC(CCC)Nc1c([N+](=O)[O-])cnc2ccccc12. The predicted molar refractivity (Wildman–Crippen MR) is 79.5 cm³/mol. The molecule has 0 radical (unpaired) electrons. The lowest BCUT2D eigenvalue weighted by Gasteiger charge is -2.15. The fraction of sp³-hybridized carbons (Fsp3) is 0.267. The quantitative estimate of drug-likeness (QED) is 0.513. The van der Waals surface area contributed by atoms with Gasteiger partial charge >= 0.3 is 5.69 Å². The maximum absolute atomic E-state index is 11.2. The summed E-state index contributed by atoms with van der Waals surface area (Å²) < 4.78 is 0. The van der Waals surface area contributed by atoms with Crippen LogP contribution in [0.4, 0.5) is 11.4 Å². The van der Waals surface area contributed by atoms with Crippen molar-refractivity contribution in [1.82, 2.24) is 4.98 Å². The van der Waals surface area contributed by atoms with Crippen molar-refractivity contribution >= 4 is 22.3 Å². The van der Waals surface area contributed by atoms with Gasteiger partial charge in [-0.2, -0.15) is 0 Å². The van der Waals surface area contributed by atoms with Gasteiger partial charge in [-0.15, -0.1) is 6.42 Å². The van der Waals surface area contributed by atoms with Crippen LogP contribution in [0.2, 0.25) is 0 Å². The molecule has 2 rings (SSSR count). The number of pyridine rings is 1. The molecule has 0 fully saturated rings. The van der Waals surface area contributed by atoms with Gasteiger partial charge in [0.05, 0.1) is 16.5 Å². The molecule has 0 aliphatic rings. The number of anilines is 1. The third kappa shape index (κ3) is 2.69. The number of para-hydroxylation sites is 1. The molecular weight excluding hydrogens is 254 g/mol. The minimum atomic E-state index is -0.443. The second-order valence-electron chi connectivity index (χ2n) is 4.44. The predicted octanol–water partition coefficient (Wildman–Crippen LogP) is 3.36. The molecule has 0 aliphatic heterocycles. The third-order valence-electron chi connectivity index (χ3n) is 3.05. The minimum absolute atomic E-state index is 0.0555. The summed E-state index contributed by atoms with van der Waals surface area (Å²) in [5, 5.41) is 15.0. The Balaban J connectivity index is 2.55. The van der Waals surface area contributed by atoms with Crippen molar-refractivity contribution in [3.8, 4) is 12.3 Å². The zero-order valence-electron chi connectivity index (χ0n) is 11.2. The molecule has 0 bridgehead atoms. The molecule has 102 valence electrons. The third-order valence-corrected chi connectivity index (χ3v) is 3.05. The molecule has 2 aromatic rings. The van der Waals surface area contributed by atoms with Crippen LogP contribution in [0, 0.1) is 22.5 Å². The van der Waals surface area contributed by atoms with Gasteiger partial charge in [0.25, 0.3) is 0 Å². The molecule has 5 nitrogen and oxygen atoms in total. The summed E-state index contributed by atoms with van der Waals surface area (Å²) in [5.41, 5.74) is 1.09. The number of rotatable bonds is 5. The van der Waals surface area contributed by atoms with Gasteiger partial charge in [0.2, 0.25) is 0 Å². The molecule has 1 heterocycles. The highest BCUT2D eigenvalue weighted by atomic mass is 16.6. The van der Waals surface area contributed by atoms with Gasteiger partial charge in [-0.05, 0) is 12.5 Å². The van der Waals surface area contributed by atoms with Gasteiger partial charge in [-0.3, -0.25) is 10.1 Å². The van der Waals surface area contributed by atoms with E-state index in [4.69, 9.17) is 6.42 Å². The van der Waals surface area contributed by atoms with Crippen LogP contribution in [0.5, 0.6) is 0 Å². The first kappa shape index (κ1) is 13.8. The Labute approximate surface area is 117 Å². The Morgan fingerprint density at radius 2 is 2.25 bits per heavy atom. The Bertz CT molecular complexity index is 676. The van der Waals surface area contributed by atoms with Gasteiger partial charge in [0.15, 0.2) is 0 Å². The number of nitrogens with one attached hydrogen (secondary N) is 1. The second kappa shape index (κ2) is 6.02. The fourth-order valence-corrected chi connectivity index (χ4v) is 2.08. The van der Waals surface area contributed by atoms with E-state index in [1.807, 2.05) is 25.1 Å². The highest BCUT2D eigenvalue weighted by molar-refractivity contribution is 5.95. The molecule has 0 aliphatic carbocycles. The van der Waals surface area contributed by atoms with Crippen molar-refractivity contribution in [2.45, 2.75) is 25.8 Å². The number of nitrogens with zero attached hydrogens (tertiary/aromatic N) is 2. The number of nitro groups is 1. The number of benzene rings is 1. The highest BCUT2D eigenvalue weighted by Gasteiger charge is 2.19. The summed E-state index contributed by atoms with van der Waals surface area (Å²) >= 11 is 0. The number of hydrogen-bond donors (Lipinski definition) is 1. The molecule has 5 heteroatoms. The lowest BCUT2D eigenvalue weighted by Crippen LogP contribution is -2.18. The number of terminal acetylenes is 1. The maximum Gasteiger partial charge on any atom is 0.311 e. The van der Waals surface area contributed by atoms with E-state index in [2.05, 4.69) is 16.2 Å². The van der Waals surface area contributed by atoms with Crippen molar-refractivity contribution in [2.75, 3.05) is 5.32 Å². The topological polar surface area (TPSA) is 68.1 Å². The summed E-state index contributed by atoms with van der Waals surface area (Å²) in [6, 6.07) is 7.05. The normalized spacial score (nSPS) is 11.8. The summed E-state index contributed by atoms with van der Waals surface area (Å²) in [7, 11) is 0. The zero-order chi connectivity index (χ0) is 14.5. The molecule has 0 amide bonds. The molecule has 1 atom stereocenters. The Kier molecular flexibility index (Phi) is 4.16. The maximum atomic E-state index is 11.2. The summed E-state index contributed by atoms with van der Waals surface area (Å²) in [4.78, 5) is 14.8. The van der Waals surface area contributed by atoms with Gasteiger partial charge < -0.3 is 5.32 Å². The van der Waals surface area contributed by atoms with Crippen LogP contribution in [-0.2, 0) is 0 Å². The Hall–Kier alpha value is -2.61. The lowest BCUT2D eigenvalue weighted by atomic mass is 10.1. The van der Waals surface area contributed by atoms with Crippen molar-refractivity contribution < 1.29 is 4.92 Å². The van der Waals surface area contributed by atoms with Crippen molar-refractivity contribution in [3.63, 3.8) is 0 Å². The molecule has 0 spiro atoms. The molecule has 20 heavy (non-hydrogen) atoms. The molecule has 1 aromatic heterocycles. The largest absolute Gasteiger partial charge is 0.365 e. The standard InChI is InChI=1S/C15H15N3O2/c1-3-7-11(4-2)17-15-12-8-5-6-9-13(12)16-10-14(15)18(19)20/h2,5-6,8-11H,3,7H2,1H3,(H,16,17). The average molecular weight is 269 g/mol. The first-order valence-electron chi connectivity index (χ1n) is 6.42. The van der Waals surface area contributed by atoms with Gasteiger partial charge in [-0.25, -0.2) is 4.98 Å². The van der Waals surface area contributed by atoms with E-state index >= 15 is 0 Å². The summed E-state index contributed by atoms with van der Waals surface area (Å²) in [6.07, 6.45) is 8.40. The van der Waals surface area contributed by atoms with E-state index in [1.54, 1.807) is 6.07 Å². The number of hydrogen-bond acceptors (Lipinski definition) is 4. The first-order chi connectivity index (χ1) is 9.67. The number of fused-ring (bicyclic) bond motifs is 1. The van der Waals surface area contributed by atoms with Crippen LogP contribution in [0.15, 0.2) is 30.5 Å². The highest BCUT2D eigenvalue weighted by Crippen LogP contribution is 2.32. The van der Waals surface area contributed by atoms with Crippen molar-refractivity contribution in [1.29, 1.82) is 0 Å². The molecule has 1 unspecified atom stereocenters. The van der Waals surface area contributed by atoms with Crippen LogP contribution in [0.1, 0.15) is 19.8 Å². The van der Waals surface area contributed by atoms with Crippen LogP contribution >= 0.6 is 0 Å². The zero-order valence-corrected chi connectivity index (χ0v) is 11.2. The van der Waals surface area contributed by atoms with Crippen LogP contribution in [0.25, 0.3) is 10.9 Å². The van der Waals surface area contributed by atoms with Crippen molar-refractivity contribution in [3.05, 3.63) is 40.6 Å². The average Bonchev–Trinajstić information content (AvgIpc) is 2.46. The molecule has 1 aromatic carbocycles. The van der Waals surface area contributed by atoms with Gasteiger partial charge in [0.1, 0.15) is 11.9 Å². The minimum Gasteiger partial charge on any atom is -0.365 e. The van der Waals surface area contributed by atoms with Crippen LogP contribution in [-0.4, -0.2) is 15.9 Å². The van der Waals surface area contributed by atoms with E-state index in [-0.39, 0.29) is 11.7 Å². The Morgan fingerprint density at radius 3 is 2.90 bits per heavy atom. The smallest absolute Gasteiger partial charge is 0.311 e.